The molecule has 0 saturated carbocycles. The minimum absolute atomic E-state index is 0.0186. The van der Waals surface area contributed by atoms with Gasteiger partial charge in [0.1, 0.15) is 5.52 Å². The number of carbonyl (C=O) groups is 1. The van der Waals surface area contributed by atoms with E-state index in [9.17, 15) is 4.79 Å². The van der Waals surface area contributed by atoms with Crippen molar-refractivity contribution in [1.82, 2.24) is 4.98 Å². The molecule has 0 unspecified atom stereocenters. The molecule has 3 aromatic rings. The number of hydrogen-bond acceptors (Lipinski definition) is 3. The molecule has 21 heavy (non-hydrogen) atoms. The van der Waals surface area contributed by atoms with Gasteiger partial charge in [0.15, 0.2) is 5.58 Å². The lowest BCUT2D eigenvalue weighted by Gasteiger charge is -1.98. The van der Waals surface area contributed by atoms with Gasteiger partial charge in [0, 0.05) is 10.6 Å². The number of rotatable bonds is 3. The van der Waals surface area contributed by atoms with Gasteiger partial charge in [-0.3, -0.25) is 4.79 Å². The van der Waals surface area contributed by atoms with Gasteiger partial charge in [0.2, 0.25) is 5.89 Å². The summed E-state index contributed by atoms with van der Waals surface area (Å²) in [6, 6.07) is 10.3. The molecule has 106 valence electrons. The first-order valence-corrected chi connectivity index (χ1v) is 6.85. The minimum Gasteiger partial charge on any atom is -0.481 e. The summed E-state index contributed by atoms with van der Waals surface area (Å²) in [5.74, 6) is -0.456. The number of aliphatic carboxylic acids is 1. The fourth-order valence-corrected chi connectivity index (χ4v) is 2.54. The van der Waals surface area contributed by atoms with Crippen LogP contribution in [0, 0.1) is 0 Å². The van der Waals surface area contributed by atoms with Crippen molar-refractivity contribution in [3.63, 3.8) is 0 Å². The smallest absolute Gasteiger partial charge is 0.307 e. The van der Waals surface area contributed by atoms with Crippen LogP contribution in [0.4, 0.5) is 0 Å². The van der Waals surface area contributed by atoms with Crippen LogP contribution in [0.15, 0.2) is 40.8 Å². The van der Waals surface area contributed by atoms with Gasteiger partial charge in [0.05, 0.1) is 11.4 Å². The number of oxazole rings is 1. The van der Waals surface area contributed by atoms with Crippen LogP contribution in [0.3, 0.4) is 0 Å². The maximum atomic E-state index is 10.7. The number of benzene rings is 2. The highest BCUT2D eigenvalue weighted by atomic mass is 35.5. The van der Waals surface area contributed by atoms with Crippen molar-refractivity contribution in [3.8, 4) is 11.5 Å². The lowest BCUT2D eigenvalue weighted by atomic mass is 10.1. The quantitative estimate of drug-likeness (QED) is 0.775. The second-order valence-electron chi connectivity index (χ2n) is 4.52. The van der Waals surface area contributed by atoms with Crippen molar-refractivity contribution in [1.29, 1.82) is 0 Å². The van der Waals surface area contributed by atoms with Crippen molar-refractivity contribution in [2.45, 2.75) is 6.42 Å². The Kier molecular flexibility index (Phi) is 3.57. The Morgan fingerprint density at radius 1 is 1.19 bits per heavy atom. The van der Waals surface area contributed by atoms with Gasteiger partial charge >= 0.3 is 5.97 Å². The van der Waals surface area contributed by atoms with Crippen LogP contribution >= 0.6 is 23.2 Å². The molecule has 0 fully saturated rings. The molecule has 0 amide bonds. The zero-order valence-corrected chi connectivity index (χ0v) is 12.1. The zero-order chi connectivity index (χ0) is 15.0. The number of carboxylic acids is 1. The third-order valence-corrected chi connectivity index (χ3v) is 3.46. The number of carboxylic acid groups (broad SMARTS) is 1. The highest BCUT2D eigenvalue weighted by molar-refractivity contribution is 6.38. The Balaban J connectivity index is 2.00. The molecule has 0 aliphatic carbocycles. The molecule has 1 aromatic heterocycles. The summed E-state index contributed by atoms with van der Waals surface area (Å²) in [4.78, 5) is 15.0. The first-order valence-electron chi connectivity index (χ1n) is 6.09. The highest BCUT2D eigenvalue weighted by Gasteiger charge is 2.12. The van der Waals surface area contributed by atoms with E-state index < -0.39 is 5.97 Å². The first-order chi connectivity index (χ1) is 10.0. The lowest BCUT2D eigenvalue weighted by Crippen LogP contribution is -1.99. The van der Waals surface area contributed by atoms with Crippen molar-refractivity contribution in [2.75, 3.05) is 0 Å². The topological polar surface area (TPSA) is 63.3 Å². The molecule has 0 spiro atoms. The normalized spacial score (nSPS) is 11.0. The Morgan fingerprint density at radius 2 is 1.90 bits per heavy atom. The predicted octanol–water partition coefficient (Wildman–Crippen LogP) is 4.43. The Morgan fingerprint density at radius 3 is 2.57 bits per heavy atom. The van der Waals surface area contributed by atoms with Gasteiger partial charge in [-0.15, -0.1) is 0 Å². The summed E-state index contributed by atoms with van der Waals surface area (Å²) < 4.78 is 5.64. The molecular formula is C15H9Cl2NO3. The average Bonchev–Trinajstić information content (AvgIpc) is 2.83. The van der Waals surface area contributed by atoms with E-state index in [1.165, 1.54) is 0 Å². The van der Waals surface area contributed by atoms with Crippen LogP contribution in [0.2, 0.25) is 10.0 Å². The van der Waals surface area contributed by atoms with Gasteiger partial charge in [-0.25, -0.2) is 4.98 Å². The molecule has 3 rings (SSSR count). The predicted molar refractivity (Wildman–Crippen MR) is 80.8 cm³/mol. The van der Waals surface area contributed by atoms with Crippen LogP contribution in [-0.2, 0) is 11.2 Å². The average molecular weight is 322 g/mol. The summed E-state index contributed by atoms with van der Waals surface area (Å²) in [7, 11) is 0. The number of aromatic nitrogens is 1. The number of hydrogen-bond donors (Lipinski definition) is 1. The second kappa shape index (κ2) is 5.39. The summed E-state index contributed by atoms with van der Waals surface area (Å²) in [5.41, 5.74) is 2.51. The molecule has 0 saturated heterocycles. The van der Waals surface area contributed by atoms with E-state index in [0.29, 0.717) is 32.6 Å². The van der Waals surface area contributed by atoms with Crippen molar-refractivity contribution in [3.05, 3.63) is 52.0 Å². The second-order valence-corrected chi connectivity index (χ2v) is 5.37. The molecule has 2 aromatic carbocycles. The Labute approximate surface area is 129 Å². The van der Waals surface area contributed by atoms with Crippen LogP contribution in [0.1, 0.15) is 5.56 Å². The van der Waals surface area contributed by atoms with Crippen molar-refractivity contribution >= 4 is 40.3 Å². The third kappa shape index (κ3) is 2.86. The monoisotopic (exact) mass is 321 g/mol. The number of halogens is 2. The molecule has 0 aliphatic rings. The summed E-state index contributed by atoms with van der Waals surface area (Å²) in [5, 5.41) is 9.64. The number of nitrogens with zero attached hydrogens (tertiary/aromatic N) is 1. The van der Waals surface area contributed by atoms with Crippen molar-refractivity contribution < 1.29 is 14.3 Å². The van der Waals surface area contributed by atoms with Crippen molar-refractivity contribution in [2.24, 2.45) is 0 Å². The van der Waals surface area contributed by atoms with Gasteiger partial charge in [-0.2, -0.15) is 0 Å². The standard InChI is InChI=1S/C15H9Cl2NO3/c16-10-6-11(17)14-12(7-10)18-15(21-14)9-3-1-8(2-4-9)5-13(19)20/h1-4,6-7H,5H2,(H,19,20). The fraction of sp³-hybridized carbons (Fsp3) is 0.0667. The van der Waals surface area contributed by atoms with Crippen LogP contribution < -0.4 is 0 Å². The lowest BCUT2D eigenvalue weighted by molar-refractivity contribution is -0.136. The van der Waals surface area contributed by atoms with E-state index in [-0.39, 0.29) is 6.42 Å². The molecular weight excluding hydrogens is 313 g/mol. The van der Waals surface area contributed by atoms with E-state index in [1.54, 1.807) is 36.4 Å². The molecule has 0 bridgehead atoms. The van der Waals surface area contributed by atoms with Gasteiger partial charge < -0.3 is 9.52 Å². The summed E-state index contributed by atoms with van der Waals surface area (Å²) in [6.45, 7) is 0. The van der Waals surface area contributed by atoms with Crippen LogP contribution in [0.25, 0.3) is 22.6 Å². The zero-order valence-electron chi connectivity index (χ0n) is 10.6. The fourth-order valence-electron chi connectivity index (χ4n) is 2.02. The molecule has 0 aliphatic heterocycles. The van der Waals surface area contributed by atoms with E-state index in [1.807, 2.05) is 0 Å². The Hall–Kier alpha value is -2.04. The molecule has 0 radical (unpaired) electrons. The largest absolute Gasteiger partial charge is 0.481 e. The Bertz CT molecular complexity index is 825. The van der Waals surface area contributed by atoms with Gasteiger partial charge in [0.25, 0.3) is 0 Å². The number of fused-ring (bicyclic) bond motifs is 1. The van der Waals surface area contributed by atoms with E-state index in [0.717, 1.165) is 5.56 Å². The van der Waals surface area contributed by atoms with E-state index >= 15 is 0 Å². The summed E-state index contributed by atoms with van der Waals surface area (Å²) >= 11 is 12.0. The van der Waals surface area contributed by atoms with Gasteiger partial charge in [-0.05, 0) is 29.8 Å². The maximum absolute atomic E-state index is 10.7. The summed E-state index contributed by atoms with van der Waals surface area (Å²) in [6.07, 6.45) is -0.0186. The molecule has 0 atom stereocenters. The third-order valence-electron chi connectivity index (χ3n) is 2.97. The van der Waals surface area contributed by atoms with Gasteiger partial charge in [-0.1, -0.05) is 35.3 Å². The molecule has 1 heterocycles. The maximum Gasteiger partial charge on any atom is 0.307 e. The highest BCUT2D eigenvalue weighted by Crippen LogP contribution is 2.31. The first kappa shape index (κ1) is 13.9. The minimum atomic E-state index is -0.869. The SMILES string of the molecule is O=C(O)Cc1ccc(-c2nc3cc(Cl)cc(Cl)c3o2)cc1. The van der Waals surface area contributed by atoms with E-state index in [2.05, 4.69) is 4.98 Å². The van der Waals surface area contributed by atoms with E-state index in [4.69, 9.17) is 32.7 Å². The molecule has 1 N–H and O–H groups in total. The molecule has 4 nitrogen and oxygen atoms in total. The molecule has 6 heteroatoms. The van der Waals surface area contributed by atoms with Crippen LogP contribution in [0.5, 0.6) is 0 Å². The van der Waals surface area contributed by atoms with Crippen LogP contribution in [-0.4, -0.2) is 16.1 Å².